The van der Waals surface area contributed by atoms with Crippen molar-refractivity contribution in [1.29, 1.82) is 0 Å². The number of carbonyl (C=O) groups excluding carboxylic acids is 1. The van der Waals surface area contributed by atoms with E-state index in [1.807, 2.05) is 0 Å². The molecule has 2 N–H and O–H groups in total. The standard InChI is InChI=1S/C13H17NO5/c1-9(13(16)17)19-8-7-12(15)14-10-5-3-4-6-11(10)18-2/h3-6,9H,7-8H2,1-2H3,(H,14,15)(H,16,17). The highest BCUT2D eigenvalue weighted by molar-refractivity contribution is 5.92. The second-order valence-corrected chi connectivity index (χ2v) is 3.85. The number of carboxylic acid groups (broad SMARTS) is 1. The van der Waals surface area contributed by atoms with Crippen LogP contribution in [0.15, 0.2) is 24.3 Å². The summed E-state index contributed by atoms with van der Waals surface area (Å²) in [5.74, 6) is -0.747. The van der Waals surface area contributed by atoms with E-state index >= 15 is 0 Å². The molecule has 104 valence electrons. The SMILES string of the molecule is COc1ccccc1NC(=O)CCOC(C)C(=O)O. The summed E-state index contributed by atoms with van der Waals surface area (Å²) in [7, 11) is 1.52. The molecule has 6 heteroatoms. The highest BCUT2D eigenvalue weighted by Gasteiger charge is 2.12. The zero-order valence-electron chi connectivity index (χ0n) is 10.9. The molecule has 0 radical (unpaired) electrons. The Morgan fingerprint density at radius 2 is 2.05 bits per heavy atom. The molecular formula is C13H17NO5. The van der Waals surface area contributed by atoms with Crippen LogP contribution >= 0.6 is 0 Å². The van der Waals surface area contributed by atoms with E-state index in [0.717, 1.165) is 0 Å². The van der Waals surface area contributed by atoms with Gasteiger partial charge < -0.3 is 19.9 Å². The third-order valence-electron chi connectivity index (χ3n) is 2.43. The van der Waals surface area contributed by atoms with E-state index in [4.69, 9.17) is 14.6 Å². The molecule has 6 nitrogen and oxygen atoms in total. The lowest BCUT2D eigenvalue weighted by Gasteiger charge is -2.11. The molecule has 0 aliphatic heterocycles. The van der Waals surface area contributed by atoms with E-state index in [9.17, 15) is 9.59 Å². The van der Waals surface area contributed by atoms with Crippen LogP contribution in [0.2, 0.25) is 0 Å². The summed E-state index contributed by atoms with van der Waals surface area (Å²) in [5, 5.41) is 11.3. The highest BCUT2D eigenvalue weighted by Crippen LogP contribution is 2.22. The predicted octanol–water partition coefficient (Wildman–Crippen LogP) is 1.51. The third-order valence-corrected chi connectivity index (χ3v) is 2.43. The summed E-state index contributed by atoms with van der Waals surface area (Å²) in [6.45, 7) is 1.47. The van der Waals surface area contributed by atoms with Crippen molar-refractivity contribution in [2.24, 2.45) is 0 Å². The summed E-state index contributed by atoms with van der Waals surface area (Å²) < 4.78 is 10.1. The van der Waals surface area contributed by atoms with Gasteiger partial charge in [0.15, 0.2) is 6.10 Å². The molecule has 0 aliphatic rings. The molecule has 1 rings (SSSR count). The Kier molecular flexibility index (Phi) is 5.81. The molecule has 1 atom stereocenters. The van der Waals surface area contributed by atoms with Crippen molar-refractivity contribution in [3.63, 3.8) is 0 Å². The summed E-state index contributed by atoms with van der Waals surface area (Å²) in [6.07, 6.45) is -0.838. The quantitative estimate of drug-likeness (QED) is 0.782. The van der Waals surface area contributed by atoms with Gasteiger partial charge in [0.25, 0.3) is 0 Å². The average Bonchev–Trinajstić information content (AvgIpc) is 2.39. The number of carbonyl (C=O) groups is 2. The molecule has 0 spiro atoms. The Hall–Kier alpha value is -2.08. The van der Waals surface area contributed by atoms with Crippen LogP contribution in [0.3, 0.4) is 0 Å². The van der Waals surface area contributed by atoms with Crippen LogP contribution in [0, 0.1) is 0 Å². The molecule has 0 bridgehead atoms. The topological polar surface area (TPSA) is 84.9 Å². The number of ether oxygens (including phenoxy) is 2. The van der Waals surface area contributed by atoms with Crippen LogP contribution in [0.4, 0.5) is 5.69 Å². The molecule has 0 aliphatic carbocycles. The average molecular weight is 267 g/mol. The molecule has 1 aromatic carbocycles. The minimum atomic E-state index is -1.05. The van der Waals surface area contributed by atoms with Gasteiger partial charge in [-0.05, 0) is 19.1 Å². The molecule has 0 saturated heterocycles. The lowest BCUT2D eigenvalue weighted by atomic mass is 10.3. The van der Waals surface area contributed by atoms with E-state index in [0.29, 0.717) is 11.4 Å². The molecule has 0 aromatic heterocycles. The molecular weight excluding hydrogens is 250 g/mol. The Morgan fingerprint density at radius 1 is 1.37 bits per heavy atom. The normalized spacial score (nSPS) is 11.7. The van der Waals surface area contributed by atoms with Gasteiger partial charge in [0.05, 0.1) is 25.8 Å². The third kappa shape index (κ3) is 4.97. The minimum absolute atomic E-state index is 0.0500. The van der Waals surface area contributed by atoms with Crippen LogP contribution < -0.4 is 10.1 Å². The largest absolute Gasteiger partial charge is 0.495 e. The van der Waals surface area contributed by atoms with Crippen LogP contribution in [0.5, 0.6) is 5.75 Å². The minimum Gasteiger partial charge on any atom is -0.495 e. The number of benzene rings is 1. The van der Waals surface area contributed by atoms with Gasteiger partial charge in [0.2, 0.25) is 5.91 Å². The Labute approximate surface area is 111 Å². The maximum absolute atomic E-state index is 11.6. The second-order valence-electron chi connectivity index (χ2n) is 3.85. The lowest BCUT2D eigenvalue weighted by molar-refractivity contribution is -0.149. The van der Waals surface area contributed by atoms with E-state index in [2.05, 4.69) is 5.32 Å². The first-order valence-electron chi connectivity index (χ1n) is 5.82. The first-order valence-corrected chi connectivity index (χ1v) is 5.82. The molecule has 0 fully saturated rings. The smallest absolute Gasteiger partial charge is 0.332 e. The maximum atomic E-state index is 11.6. The van der Waals surface area contributed by atoms with Crippen molar-refractivity contribution in [3.05, 3.63) is 24.3 Å². The Balaban J connectivity index is 2.41. The number of nitrogens with one attached hydrogen (secondary N) is 1. The van der Waals surface area contributed by atoms with Crippen molar-refractivity contribution in [1.82, 2.24) is 0 Å². The van der Waals surface area contributed by atoms with Gasteiger partial charge in [-0.3, -0.25) is 4.79 Å². The Morgan fingerprint density at radius 3 is 2.68 bits per heavy atom. The molecule has 1 amide bonds. The fourth-order valence-electron chi connectivity index (χ4n) is 1.36. The lowest BCUT2D eigenvalue weighted by Crippen LogP contribution is -2.22. The maximum Gasteiger partial charge on any atom is 0.332 e. The zero-order valence-corrected chi connectivity index (χ0v) is 10.9. The Bertz CT molecular complexity index is 446. The van der Waals surface area contributed by atoms with Crippen molar-refractivity contribution in [2.45, 2.75) is 19.4 Å². The van der Waals surface area contributed by atoms with Crippen molar-refractivity contribution >= 4 is 17.6 Å². The van der Waals surface area contributed by atoms with Gasteiger partial charge in [-0.1, -0.05) is 12.1 Å². The highest BCUT2D eigenvalue weighted by atomic mass is 16.5. The number of rotatable bonds is 7. The van der Waals surface area contributed by atoms with E-state index in [-0.39, 0.29) is 18.9 Å². The molecule has 0 saturated carbocycles. The predicted molar refractivity (Wildman–Crippen MR) is 69.3 cm³/mol. The van der Waals surface area contributed by atoms with Crippen LogP contribution in [-0.2, 0) is 14.3 Å². The van der Waals surface area contributed by atoms with Gasteiger partial charge >= 0.3 is 5.97 Å². The van der Waals surface area contributed by atoms with Gasteiger partial charge in [-0.15, -0.1) is 0 Å². The van der Waals surface area contributed by atoms with Crippen molar-refractivity contribution in [3.8, 4) is 5.75 Å². The van der Waals surface area contributed by atoms with Crippen LogP contribution in [0.25, 0.3) is 0 Å². The van der Waals surface area contributed by atoms with E-state index < -0.39 is 12.1 Å². The van der Waals surface area contributed by atoms with E-state index in [1.54, 1.807) is 24.3 Å². The number of anilines is 1. The number of carboxylic acids is 1. The molecule has 19 heavy (non-hydrogen) atoms. The van der Waals surface area contributed by atoms with Crippen molar-refractivity contribution in [2.75, 3.05) is 19.0 Å². The number of hydrogen-bond donors (Lipinski definition) is 2. The van der Waals surface area contributed by atoms with E-state index in [1.165, 1.54) is 14.0 Å². The van der Waals surface area contributed by atoms with Crippen molar-refractivity contribution < 1.29 is 24.2 Å². The number of amides is 1. The fraction of sp³-hybridized carbons (Fsp3) is 0.385. The number of hydrogen-bond acceptors (Lipinski definition) is 4. The summed E-state index contributed by atoms with van der Waals surface area (Å²) in [6, 6.07) is 7.03. The zero-order chi connectivity index (χ0) is 14.3. The number of methoxy groups -OCH3 is 1. The number of para-hydroxylation sites is 2. The van der Waals surface area contributed by atoms with Gasteiger partial charge in [-0.25, -0.2) is 4.79 Å². The van der Waals surface area contributed by atoms with Gasteiger partial charge in [0.1, 0.15) is 5.75 Å². The first kappa shape index (κ1) is 15.0. The fourth-order valence-corrected chi connectivity index (χ4v) is 1.36. The first-order chi connectivity index (χ1) is 9.04. The molecule has 0 heterocycles. The molecule has 1 unspecified atom stereocenters. The van der Waals surface area contributed by atoms with Crippen LogP contribution in [0.1, 0.15) is 13.3 Å². The molecule has 1 aromatic rings. The monoisotopic (exact) mass is 267 g/mol. The summed E-state index contributed by atoms with van der Waals surface area (Å²) >= 11 is 0. The number of aliphatic carboxylic acids is 1. The van der Waals surface area contributed by atoms with Gasteiger partial charge in [-0.2, -0.15) is 0 Å². The van der Waals surface area contributed by atoms with Gasteiger partial charge in [0, 0.05) is 0 Å². The second kappa shape index (κ2) is 7.38. The van der Waals surface area contributed by atoms with Crippen LogP contribution in [-0.4, -0.2) is 36.8 Å². The summed E-state index contributed by atoms with van der Waals surface area (Å²) in [4.78, 5) is 22.1. The summed E-state index contributed by atoms with van der Waals surface area (Å²) in [5.41, 5.74) is 0.571.